The van der Waals surface area contributed by atoms with Crippen LogP contribution in [0.4, 0.5) is 0 Å². The number of aromatic nitrogens is 2. The summed E-state index contributed by atoms with van der Waals surface area (Å²) in [5, 5.41) is 19.1. The summed E-state index contributed by atoms with van der Waals surface area (Å²) in [5.41, 5.74) is 4.20. The van der Waals surface area contributed by atoms with E-state index in [1.807, 2.05) is 18.2 Å². The maximum atomic E-state index is 13.5. The lowest BCUT2D eigenvalue weighted by atomic mass is 9.93. The van der Waals surface area contributed by atoms with Crippen LogP contribution < -0.4 is 4.74 Å². The number of H-pyrrole nitrogens is 1. The molecule has 37 heavy (non-hydrogen) atoms. The highest BCUT2D eigenvalue weighted by Gasteiger charge is 2.28. The highest BCUT2D eigenvalue weighted by molar-refractivity contribution is 6.01. The lowest BCUT2D eigenvalue weighted by molar-refractivity contribution is 0.0322. The maximum absolute atomic E-state index is 13.5. The van der Waals surface area contributed by atoms with E-state index in [0.717, 1.165) is 98.8 Å². The van der Waals surface area contributed by atoms with Gasteiger partial charge in [-0.2, -0.15) is 5.10 Å². The van der Waals surface area contributed by atoms with Crippen LogP contribution in [0.1, 0.15) is 40.0 Å². The van der Waals surface area contributed by atoms with Crippen LogP contribution in [0, 0.1) is 5.92 Å². The lowest BCUT2D eigenvalue weighted by Gasteiger charge is -2.26. The second-order valence-electron chi connectivity index (χ2n) is 10.2. The molecule has 6 rings (SSSR count). The predicted octanol–water partition coefficient (Wildman–Crippen LogP) is 3.10. The average molecular weight is 507 g/mol. The van der Waals surface area contributed by atoms with E-state index in [1.165, 1.54) is 0 Å². The minimum Gasteiger partial charge on any atom is -0.507 e. The SMILES string of the molecule is O=C(c1cc2c(CC3CCOCC3)n[nH]c2cc1O)N1Cc2ccc(OCCN3CCOCC3)cc2C1. The summed E-state index contributed by atoms with van der Waals surface area (Å²) >= 11 is 0. The van der Waals surface area contributed by atoms with E-state index in [0.29, 0.717) is 31.2 Å². The molecule has 3 aromatic rings. The molecule has 2 saturated heterocycles. The van der Waals surface area contributed by atoms with E-state index < -0.39 is 0 Å². The number of nitrogens with zero attached hydrogens (tertiary/aromatic N) is 3. The number of benzene rings is 2. The summed E-state index contributed by atoms with van der Waals surface area (Å²) in [6, 6.07) is 9.47. The smallest absolute Gasteiger partial charge is 0.258 e. The van der Waals surface area contributed by atoms with Gasteiger partial charge in [-0.3, -0.25) is 14.8 Å². The number of aromatic hydroxyl groups is 1. The Morgan fingerprint density at radius 3 is 2.68 bits per heavy atom. The van der Waals surface area contributed by atoms with Gasteiger partial charge < -0.3 is 24.2 Å². The maximum Gasteiger partial charge on any atom is 0.258 e. The second-order valence-corrected chi connectivity index (χ2v) is 10.2. The zero-order valence-electron chi connectivity index (χ0n) is 21.1. The molecule has 0 radical (unpaired) electrons. The molecule has 0 atom stereocenters. The Kier molecular flexibility index (Phi) is 6.99. The first-order valence-electron chi connectivity index (χ1n) is 13.3. The molecular formula is C28H34N4O5. The first kappa shape index (κ1) is 24.2. The van der Waals surface area contributed by atoms with Crippen LogP contribution in [0.15, 0.2) is 30.3 Å². The van der Waals surface area contributed by atoms with Gasteiger partial charge in [-0.25, -0.2) is 0 Å². The Morgan fingerprint density at radius 1 is 1.05 bits per heavy atom. The number of aromatic amines is 1. The van der Waals surface area contributed by atoms with Gasteiger partial charge in [0.25, 0.3) is 5.91 Å². The highest BCUT2D eigenvalue weighted by Crippen LogP contribution is 2.33. The molecular weight excluding hydrogens is 472 g/mol. The Labute approximate surface area is 216 Å². The third-order valence-corrected chi connectivity index (χ3v) is 7.78. The van der Waals surface area contributed by atoms with Crippen molar-refractivity contribution in [2.24, 2.45) is 5.92 Å². The standard InChI is InChI=1S/C28H34N4O5/c33-27-16-26-23(25(29-30-26)13-19-3-8-35-9-4-19)15-24(27)28(34)32-17-20-1-2-22(14-21(20)18-32)37-12-7-31-5-10-36-11-6-31/h1-2,14-16,19,33H,3-13,17-18H2,(H,29,30). The molecule has 9 heteroatoms. The number of phenols is 1. The van der Waals surface area contributed by atoms with Crippen LogP contribution >= 0.6 is 0 Å². The molecule has 0 bridgehead atoms. The molecule has 2 N–H and O–H groups in total. The van der Waals surface area contributed by atoms with Gasteiger partial charge in [-0.15, -0.1) is 0 Å². The largest absolute Gasteiger partial charge is 0.507 e. The zero-order valence-corrected chi connectivity index (χ0v) is 21.1. The first-order chi connectivity index (χ1) is 18.1. The quantitative estimate of drug-likeness (QED) is 0.508. The van der Waals surface area contributed by atoms with Crippen LogP contribution in [0.25, 0.3) is 10.9 Å². The molecule has 3 aliphatic rings. The molecule has 1 aromatic heterocycles. The lowest BCUT2D eigenvalue weighted by Crippen LogP contribution is -2.38. The van der Waals surface area contributed by atoms with Crippen LogP contribution in [-0.2, 0) is 29.0 Å². The number of amides is 1. The van der Waals surface area contributed by atoms with Crippen LogP contribution in [0.3, 0.4) is 0 Å². The fraction of sp³-hybridized carbons (Fsp3) is 0.500. The second kappa shape index (κ2) is 10.7. The Bertz CT molecular complexity index is 1260. The molecule has 2 fully saturated rings. The van der Waals surface area contributed by atoms with Crippen molar-refractivity contribution in [3.63, 3.8) is 0 Å². The highest BCUT2D eigenvalue weighted by atomic mass is 16.5. The Morgan fingerprint density at radius 2 is 1.84 bits per heavy atom. The van der Waals surface area contributed by atoms with E-state index in [4.69, 9.17) is 14.2 Å². The summed E-state index contributed by atoms with van der Waals surface area (Å²) in [5.74, 6) is 1.14. The van der Waals surface area contributed by atoms with E-state index in [-0.39, 0.29) is 11.7 Å². The van der Waals surface area contributed by atoms with Crippen molar-refractivity contribution in [1.29, 1.82) is 0 Å². The number of phenolic OH excluding ortho intramolecular Hbond substituents is 1. The third kappa shape index (κ3) is 5.30. The monoisotopic (exact) mass is 506 g/mol. The number of nitrogens with one attached hydrogen (secondary N) is 1. The molecule has 0 unspecified atom stereocenters. The zero-order chi connectivity index (χ0) is 25.2. The number of rotatable bonds is 7. The van der Waals surface area contributed by atoms with Crippen LogP contribution in [0.2, 0.25) is 0 Å². The van der Waals surface area contributed by atoms with Crippen molar-refractivity contribution in [2.75, 3.05) is 52.7 Å². The van der Waals surface area contributed by atoms with Gasteiger partial charge in [0.1, 0.15) is 18.1 Å². The molecule has 3 aliphatic heterocycles. The van der Waals surface area contributed by atoms with Gasteiger partial charge in [0.15, 0.2) is 0 Å². The van der Waals surface area contributed by atoms with Gasteiger partial charge in [0.2, 0.25) is 0 Å². The third-order valence-electron chi connectivity index (χ3n) is 7.78. The summed E-state index contributed by atoms with van der Waals surface area (Å²) < 4.78 is 16.9. The van der Waals surface area contributed by atoms with Crippen molar-refractivity contribution < 1.29 is 24.1 Å². The van der Waals surface area contributed by atoms with Crippen molar-refractivity contribution >= 4 is 16.8 Å². The molecule has 4 heterocycles. The molecule has 0 spiro atoms. The molecule has 9 nitrogen and oxygen atoms in total. The number of hydrogen-bond acceptors (Lipinski definition) is 7. The molecule has 0 saturated carbocycles. The minimum atomic E-state index is -0.177. The van der Waals surface area contributed by atoms with Crippen LogP contribution in [0.5, 0.6) is 11.5 Å². The van der Waals surface area contributed by atoms with Crippen molar-refractivity contribution in [2.45, 2.75) is 32.4 Å². The van der Waals surface area contributed by atoms with Gasteiger partial charge in [0, 0.05) is 57.4 Å². The first-order valence-corrected chi connectivity index (χ1v) is 13.3. The van der Waals surface area contributed by atoms with E-state index in [9.17, 15) is 9.90 Å². The van der Waals surface area contributed by atoms with Gasteiger partial charge in [0.05, 0.1) is 30.0 Å². The fourth-order valence-corrected chi connectivity index (χ4v) is 5.55. The predicted molar refractivity (Wildman–Crippen MR) is 138 cm³/mol. The number of carbonyl (C=O) groups is 1. The van der Waals surface area contributed by atoms with E-state index >= 15 is 0 Å². The van der Waals surface area contributed by atoms with Gasteiger partial charge in [-0.1, -0.05) is 6.07 Å². The molecule has 2 aromatic carbocycles. The summed E-state index contributed by atoms with van der Waals surface area (Å²) in [6.07, 6.45) is 2.87. The number of carbonyl (C=O) groups excluding carboxylic acids is 1. The van der Waals surface area contributed by atoms with Crippen molar-refractivity contribution in [3.05, 3.63) is 52.7 Å². The van der Waals surface area contributed by atoms with E-state index in [1.54, 1.807) is 17.0 Å². The number of hydrogen-bond donors (Lipinski definition) is 2. The average Bonchev–Trinajstić information content (AvgIpc) is 3.52. The van der Waals surface area contributed by atoms with Gasteiger partial charge >= 0.3 is 0 Å². The molecule has 0 aliphatic carbocycles. The van der Waals surface area contributed by atoms with Crippen LogP contribution in [-0.4, -0.2) is 83.7 Å². The minimum absolute atomic E-state index is 0.0261. The normalized spacial score (nSPS) is 18.9. The summed E-state index contributed by atoms with van der Waals surface area (Å²) in [4.78, 5) is 17.6. The van der Waals surface area contributed by atoms with Gasteiger partial charge in [-0.05, 0) is 54.5 Å². The number of morpholine rings is 1. The Hall–Kier alpha value is -3.14. The van der Waals surface area contributed by atoms with Crippen molar-refractivity contribution in [1.82, 2.24) is 20.0 Å². The summed E-state index contributed by atoms with van der Waals surface area (Å²) in [6.45, 7) is 7.52. The number of ether oxygens (including phenoxy) is 3. The molecule has 196 valence electrons. The number of fused-ring (bicyclic) bond motifs is 2. The molecule has 1 amide bonds. The summed E-state index contributed by atoms with van der Waals surface area (Å²) in [7, 11) is 0. The van der Waals surface area contributed by atoms with E-state index in [2.05, 4.69) is 15.1 Å². The van der Waals surface area contributed by atoms with Crippen molar-refractivity contribution in [3.8, 4) is 11.5 Å². The Balaban J connectivity index is 1.12. The topological polar surface area (TPSA) is 100 Å². The fourth-order valence-electron chi connectivity index (χ4n) is 5.55.